The highest BCUT2D eigenvalue weighted by Crippen LogP contribution is 2.27. The van der Waals surface area contributed by atoms with Crippen molar-refractivity contribution in [2.75, 3.05) is 40.5 Å². The monoisotopic (exact) mass is 281 g/mol. The zero-order valence-electron chi connectivity index (χ0n) is 12.2. The van der Waals surface area contributed by atoms with Gasteiger partial charge in [0.25, 0.3) is 0 Å². The Labute approximate surface area is 120 Å². The van der Waals surface area contributed by atoms with Crippen molar-refractivity contribution in [3.63, 3.8) is 0 Å². The zero-order chi connectivity index (χ0) is 14.2. The molecule has 1 fully saturated rings. The third-order valence-electron chi connectivity index (χ3n) is 3.27. The second-order valence-corrected chi connectivity index (χ2v) is 4.74. The molecule has 112 valence electrons. The van der Waals surface area contributed by atoms with Crippen molar-refractivity contribution >= 4 is 0 Å². The first kappa shape index (κ1) is 14.9. The Kier molecular flexibility index (Phi) is 5.95. The van der Waals surface area contributed by atoms with E-state index in [4.69, 9.17) is 18.9 Å². The minimum atomic E-state index is 0.368. The van der Waals surface area contributed by atoms with Crippen molar-refractivity contribution in [3.8, 4) is 17.2 Å². The number of hydrogen-bond donors (Lipinski definition) is 1. The van der Waals surface area contributed by atoms with Gasteiger partial charge in [0.1, 0.15) is 23.9 Å². The molecular weight excluding hydrogens is 258 g/mol. The summed E-state index contributed by atoms with van der Waals surface area (Å²) in [6.07, 6.45) is 2.69. The first-order valence-electron chi connectivity index (χ1n) is 7.00. The minimum absolute atomic E-state index is 0.368. The molecule has 5 nitrogen and oxygen atoms in total. The van der Waals surface area contributed by atoms with E-state index in [1.54, 1.807) is 14.2 Å². The van der Waals surface area contributed by atoms with Gasteiger partial charge in [0.05, 0.1) is 20.3 Å². The Bertz CT molecular complexity index is 383. The Hall–Kier alpha value is -1.46. The Balaban J connectivity index is 1.70. The van der Waals surface area contributed by atoms with Gasteiger partial charge < -0.3 is 24.3 Å². The van der Waals surface area contributed by atoms with E-state index in [1.165, 1.54) is 6.42 Å². The lowest BCUT2D eigenvalue weighted by Gasteiger charge is -2.12. The molecule has 20 heavy (non-hydrogen) atoms. The Morgan fingerprint density at radius 1 is 1.15 bits per heavy atom. The summed E-state index contributed by atoms with van der Waals surface area (Å²) in [5, 5.41) is 3.34. The maximum atomic E-state index is 5.69. The van der Waals surface area contributed by atoms with Crippen LogP contribution in [-0.2, 0) is 4.74 Å². The lowest BCUT2D eigenvalue weighted by molar-refractivity contribution is 0.109. The fourth-order valence-electron chi connectivity index (χ4n) is 2.17. The molecule has 1 unspecified atom stereocenters. The van der Waals surface area contributed by atoms with E-state index < -0.39 is 0 Å². The lowest BCUT2D eigenvalue weighted by atomic mass is 10.2. The molecule has 0 aliphatic carbocycles. The molecular formula is C15H23NO4. The Morgan fingerprint density at radius 2 is 1.85 bits per heavy atom. The summed E-state index contributed by atoms with van der Waals surface area (Å²) in [4.78, 5) is 0. The van der Waals surface area contributed by atoms with Crippen molar-refractivity contribution in [1.82, 2.24) is 5.32 Å². The lowest BCUT2D eigenvalue weighted by Crippen LogP contribution is -2.29. The maximum absolute atomic E-state index is 5.69. The van der Waals surface area contributed by atoms with Gasteiger partial charge in [-0.15, -0.1) is 0 Å². The fraction of sp³-hybridized carbons (Fsp3) is 0.600. The number of ether oxygens (including phenoxy) is 4. The average molecular weight is 281 g/mol. The van der Waals surface area contributed by atoms with Crippen molar-refractivity contribution in [2.45, 2.75) is 18.9 Å². The normalized spacial score (nSPS) is 18.0. The highest BCUT2D eigenvalue weighted by atomic mass is 16.5. The number of hydrogen-bond acceptors (Lipinski definition) is 5. The van der Waals surface area contributed by atoms with Crippen molar-refractivity contribution < 1.29 is 18.9 Å². The number of nitrogens with one attached hydrogen (secondary N) is 1. The molecule has 1 atom stereocenters. The molecule has 1 aliphatic heterocycles. The number of benzene rings is 1. The molecule has 1 saturated heterocycles. The van der Waals surface area contributed by atoms with Crippen LogP contribution in [0.1, 0.15) is 12.8 Å². The second kappa shape index (κ2) is 7.97. The first-order chi connectivity index (χ1) is 9.81. The van der Waals surface area contributed by atoms with Crippen molar-refractivity contribution in [2.24, 2.45) is 0 Å². The topological polar surface area (TPSA) is 49.0 Å². The smallest absolute Gasteiger partial charge is 0.126 e. The van der Waals surface area contributed by atoms with E-state index in [0.29, 0.717) is 12.7 Å². The van der Waals surface area contributed by atoms with E-state index in [1.807, 2.05) is 18.2 Å². The van der Waals surface area contributed by atoms with Gasteiger partial charge in [0, 0.05) is 37.9 Å². The summed E-state index contributed by atoms with van der Waals surface area (Å²) in [5.74, 6) is 2.21. The minimum Gasteiger partial charge on any atom is -0.496 e. The average Bonchev–Trinajstić information content (AvgIpc) is 2.99. The molecule has 1 N–H and O–H groups in total. The van der Waals surface area contributed by atoms with Crippen LogP contribution < -0.4 is 19.5 Å². The van der Waals surface area contributed by atoms with Crippen LogP contribution in [0.2, 0.25) is 0 Å². The molecule has 1 aliphatic rings. The number of methoxy groups -OCH3 is 2. The van der Waals surface area contributed by atoms with E-state index >= 15 is 0 Å². The summed E-state index contributed by atoms with van der Waals surface area (Å²) >= 11 is 0. The van der Waals surface area contributed by atoms with Gasteiger partial charge in [-0.3, -0.25) is 0 Å². The molecule has 1 aromatic carbocycles. The van der Waals surface area contributed by atoms with Crippen LogP contribution in [0.25, 0.3) is 0 Å². The molecule has 0 aromatic heterocycles. The van der Waals surface area contributed by atoms with E-state index in [9.17, 15) is 0 Å². The Morgan fingerprint density at radius 3 is 2.45 bits per heavy atom. The molecule has 0 saturated carbocycles. The molecule has 0 bridgehead atoms. The predicted octanol–water partition coefficient (Wildman–Crippen LogP) is 1.85. The van der Waals surface area contributed by atoms with Gasteiger partial charge in [-0.05, 0) is 12.8 Å². The molecule has 2 rings (SSSR count). The highest BCUT2D eigenvalue weighted by molar-refractivity contribution is 5.41. The molecule has 1 heterocycles. The van der Waals surface area contributed by atoms with Crippen LogP contribution in [-0.4, -0.2) is 46.6 Å². The summed E-state index contributed by atoms with van der Waals surface area (Å²) in [7, 11) is 3.25. The second-order valence-electron chi connectivity index (χ2n) is 4.74. The number of rotatable bonds is 8. The van der Waals surface area contributed by atoms with Crippen LogP contribution >= 0.6 is 0 Å². The molecule has 0 spiro atoms. The zero-order valence-corrected chi connectivity index (χ0v) is 12.2. The van der Waals surface area contributed by atoms with Crippen LogP contribution in [0.5, 0.6) is 17.2 Å². The van der Waals surface area contributed by atoms with Gasteiger partial charge in [-0.2, -0.15) is 0 Å². The van der Waals surface area contributed by atoms with Gasteiger partial charge >= 0.3 is 0 Å². The summed E-state index contributed by atoms with van der Waals surface area (Å²) in [6.45, 7) is 3.18. The molecule has 0 amide bonds. The van der Waals surface area contributed by atoms with Crippen LogP contribution in [0, 0.1) is 0 Å². The molecule has 5 heteroatoms. The third kappa shape index (κ3) is 4.58. The van der Waals surface area contributed by atoms with E-state index in [0.717, 1.165) is 43.4 Å². The van der Waals surface area contributed by atoms with E-state index in [2.05, 4.69) is 5.32 Å². The molecule has 0 radical (unpaired) electrons. The largest absolute Gasteiger partial charge is 0.496 e. The van der Waals surface area contributed by atoms with Crippen molar-refractivity contribution in [1.29, 1.82) is 0 Å². The third-order valence-corrected chi connectivity index (χ3v) is 3.27. The van der Waals surface area contributed by atoms with Crippen LogP contribution in [0.15, 0.2) is 18.2 Å². The summed E-state index contributed by atoms with van der Waals surface area (Å²) in [6, 6.07) is 5.52. The summed E-state index contributed by atoms with van der Waals surface area (Å²) in [5.41, 5.74) is 0. The van der Waals surface area contributed by atoms with E-state index in [-0.39, 0.29) is 0 Å². The fourth-order valence-corrected chi connectivity index (χ4v) is 2.17. The van der Waals surface area contributed by atoms with Gasteiger partial charge in [0.15, 0.2) is 0 Å². The highest BCUT2D eigenvalue weighted by Gasteiger charge is 2.14. The standard InChI is InChI=1S/C15H23NO4/c1-17-13-8-14(18-2)10-15(9-13)20-7-5-16-11-12-4-3-6-19-12/h8-10,12,16H,3-7,11H2,1-2H3. The van der Waals surface area contributed by atoms with Gasteiger partial charge in [0.2, 0.25) is 0 Å². The van der Waals surface area contributed by atoms with Crippen LogP contribution in [0.4, 0.5) is 0 Å². The van der Waals surface area contributed by atoms with Crippen molar-refractivity contribution in [3.05, 3.63) is 18.2 Å². The maximum Gasteiger partial charge on any atom is 0.126 e. The van der Waals surface area contributed by atoms with Gasteiger partial charge in [-0.25, -0.2) is 0 Å². The summed E-state index contributed by atoms with van der Waals surface area (Å²) < 4.78 is 21.6. The predicted molar refractivity (Wildman–Crippen MR) is 76.9 cm³/mol. The quantitative estimate of drug-likeness (QED) is 0.737. The van der Waals surface area contributed by atoms with Gasteiger partial charge in [-0.1, -0.05) is 0 Å². The van der Waals surface area contributed by atoms with Crippen LogP contribution in [0.3, 0.4) is 0 Å². The first-order valence-corrected chi connectivity index (χ1v) is 7.00. The SMILES string of the molecule is COc1cc(OC)cc(OCCNCC2CCCO2)c1. The molecule has 1 aromatic rings.